The van der Waals surface area contributed by atoms with Crippen molar-refractivity contribution in [2.45, 2.75) is 78.1 Å². The Morgan fingerprint density at radius 2 is 1.37 bits per heavy atom. The Labute approximate surface area is 161 Å². The number of benzene rings is 1. The number of rotatable bonds is 13. The van der Waals surface area contributed by atoms with Crippen LogP contribution in [0.1, 0.15) is 98.8 Å². The topological polar surface area (TPSA) is 107 Å². The van der Waals surface area contributed by atoms with Crippen LogP contribution < -0.4 is 5.32 Å². The van der Waals surface area contributed by atoms with Gasteiger partial charge in [-0.05, 0) is 12.8 Å². The first-order chi connectivity index (χ1) is 12.9. The number of carbonyl (C=O) groups is 2. The molecule has 0 atom stereocenters. The van der Waals surface area contributed by atoms with Gasteiger partial charge in [0.25, 0.3) is 5.91 Å². The molecule has 0 bridgehead atoms. The second-order valence-corrected chi connectivity index (χ2v) is 6.92. The van der Waals surface area contributed by atoms with Crippen LogP contribution in [0.2, 0.25) is 0 Å². The van der Waals surface area contributed by atoms with Gasteiger partial charge in [-0.15, -0.1) is 0 Å². The highest BCUT2D eigenvalue weighted by Gasteiger charge is 2.26. The normalized spacial score (nSPS) is 10.7. The third kappa shape index (κ3) is 7.12. The molecule has 0 saturated heterocycles. The van der Waals surface area contributed by atoms with Crippen LogP contribution in [0, 0.1) is 0 Å². The molecule has 1 rings (SSSR count). The van der Waals surface area contributed by atoms with Gasteiger partial charge in [-0.25, -0.2) is 0 Å². The van der Waals surface area contributed by atoms with Crippen LogP contribution in [0.25, 0.3) is 0 Å². The number of hydrogen-bond donors (Lipinski definition) is 4. The van der Waals surface area contributed by atoms with Crippen molar-refractivity contribution in [1.29, 1.82) is 0 Å². The number of phenolic OH excluding ortho intramolecular Hbond substituents is 3. The Bertz CT molecular complexity index is 627. The molecule has 0 saturated carbocycles. The van der Waals surface area contributed by atoms with Crippen molar-refractivity contribution in [3.05, 3.63) is 17.2 Å². The molecule has 0 radical (unpaired) electrons. The van der Waals surface area contributed by atoms with E-state index in [9.17, 15) is 24.9 Å². The maximum absolute atomic E-state index is 12.4. The second-order valence-electron chi connectivity index (χ2n) is 6.92. The van der Waals surface area contributed by atoms with Crippen LogP contribution in [0.5, 0.6) is 17.2 Å². The van der Waals surface area contributed by atoms with Crippen molar-refractivity contribution in [2.75, 3.05) is 6.54 Å². The van der Waals surface area contributed by atoms with Gasteiger partial charge < -0.3 is 20.6 Å². The predicted molar refractivity (Wildman–Crippen MR) is 106 cm³/mol. The van der Waals surface area contributed by atoms with E-state index in [2.05, 4.69) is 12.2 Å². The summed E-state index contributed by atoms with van der Waals surface area (Å²) in [7, 11) is 0. The van der Waals surface area contributed by atoms with Gasteiger partial charge in [0.2, 0.25) is 0 Å². The first-order valence-corrected chi connectivity index (χ1v) is 10.0. The van der Waals surface area contributed by atoms with Gasteiger partial charge in [-0.2, -0.15) is 0 Å². The Kier molecular flexibility index (Phi) is 10.3. The zero-order valence-electron chi connectivity index (χ0n) is 16.5. The highest BCUT2D eigenvalue weighted by atomic mass is 16.3. The largest absolute Gasteiger partial charge is 0.507 e. The molecule has 1 amide bonds. The fourth-order valence-electron chi connectivity index (χ4n) is 2.97. The molecule has 0 aromatic heterocycles. The summed E-state index contributed by atoms with van der Waals surface area (Å²) in [4.78, 5) is 24.6. The molecular weight excluding hydrogens is 346 g/mol. The van der Waals surface area contributed by atoms with E-state index in [1.807, 2.05) is 6.92 Å². The van der Waals surface area contributed by atoms with Crippen LogP contribution in [0.4, 0.5) is 0 Å². The van der Waals surface area contributed by atoms with Crippen LogP contribution in [0.15, 0.2) is 6.07 Å². The molecule has 0 aliphatic carbocycles. The predicted octanol–water partition coefficient (Wildman–Crippen LogP) is 4.66. The molecule has 4 N–H and O–H groups in total. The Hall–Kier alpha value is -2.24. The fourth-order valence-corrected chi connectivity index (χ4v) is 2.97. The SMILES string of the molecule is CCCCCCCCCC(=O)c1c(O)cc(O)c(C(=O)NCCCC)c1O. The first-order valence-electron chi connectivity index (χ1n) is 10.0. The number of ketones is 1. The van der Waals surface area contributed by atoms with E-state index in [0.717, 1.165) is 38.2 Å². The van der Waals surface area contributed by atoms with Gasteiger partial charge in [0.05, 0.1) is 0 Å². The van der Waals surface area contributed by atoms with Gasteiger partial charge in [0.15, 0.2) is 5.78 Å². The number of unbranched alkanes of at least 4 members (excludes halogenated alkanes) is 7. The summed E-state index contributed by atoms with van der Waals surface area (Å²) in [6.45, 7) is 4.53. The lowest BCUT2D eigenvalue weighted by atomic mass is 9.98. The summed E-state index contributed by atoms with van der Waals surface area (Å²) in [6.07, 6.45) is 9.17. The lowest BCUT2D eigenvalue weighted by Crippen LogP contribution is -2.25. The third-order valence-electron chi connectivity index (χ3n) is 4.59. The number of hydrogen-bond acceptors (Lipinski definition) is 5. The van der Waals surface area contributed by atoms with Crippen molar-refractivity contribution in [3.63, 3.8) is 0 Å². The van der Waals surface area contributed by atoms with Crippen molar-refractivity contribution < 1.29 is 24.9 Å². The summed E-state index contributed by atoms with van der Waals surface area (Å²) in [5.74, 6) is -2.81. The van der Waals surface area contributed by atoms with Crippen LogP contribution >= 0.6 is 0 Å². The Morgan fingerprint density at radius 1 is 0.815 bits per heavy atom. The molecule has 0 aliphatic rings. The first kappa shape index (κ1) is 22.8. The number of aromatic hydroxyl groups is 3. The van der Waals surface area contributed by atoms with E-state index >= 15 is 0 Å². The number of phenols is 3. The summed E-state index contributed by atoms with van der Waals surface area (Å²) in [6, 6.07) is 0.937. The van der Waals surface area contributed by atoms with Crippen LogP contribution in [0.3, 0.4) is 0 Å². The quantitative estimate of drug-likeness (QED) is 0.295. The van der Waals surface area contributed by atoms with E-state index < -0.39 is 28.9 Å². The highest BCUT2D eigenvalue weighted by Crippen LogP contribution is 2.38. The van der Waals surface area contributed by atoms with E-state index in [-0.39, 0.29) is 17.5 Å². The summed E-state index contributed by atoms with van der Waals surface area (Å²) in [5.41, 5.74) is -0.661. The van der Waals surface area contributed by atoms with Gasteiger partial charge in [-0.1, -0.05) is 58.8 Å². The summed E-state index contributed by atoms with van der Waals surface area (Å²) >= 11 is 0. The molecule has 6 nitrogen and oxygen atoms in total. The number of Topliss-reactive ketones (excluding diaryl/α,β-unsaturated/α-hetero) is 1. The minimum absolute atomic E-state index is 0.177. The summed E-state index contributed by atoms with van der Waals surface area (Å²) < 4.78 is 0. The average Bonchev–Trinajstić information content (AvgIpc) is 2.60. The second kappa shape index (κ2) is 12.2. The van der Waals surface area contributed by atoms with Crippen molar-refractivity contribution in [2.24, 2.45) is 0 Å². The molecule has 152 valence electrons. The molecule has 0 fully saturated rings. The number of nitrogens with one attached hydrogen (secondary N) is 1. The fraction of sp³-hybridized carbons (Fsp3) is 0.619. The smallest absolute Gasteiger partial charge is 0.258 e. The van der Waals surface area contributed by atoms with Crippen LogP contribution in [-0.4, -0.2) is 33.6 Å². The molecule has 0 unspecified atom stereocenters. The number of carbonyl (C=O) groups excluding carboxylic acids is 2. The van der Waals surface area contributed by atoms with Gasteiger partial charge >= 0.3 is 0 Å². The standard InChI is InChI=1S/C21H33NO5/c1-3-5-7-8-9-10-11-12-15(23)18-16(24)14-17(25)19(20(18)26)21(27)22-13-6-4-2/h14,24-26H,3-13H2,1-2H3,(H,22,27). The van der Waals surface area contributed by atoms with Gasteiger partial charge in [-0.3, -0.25) is 9.59 Å². The lowest BCUT2D eigenvalue weighted by Gasteiger charge is -2.13. The maximum atomic E-state index is 12.4. The molecule has 0 spiro atoms. The minimum Gasteiger partial charge on any atom is -0.507 e. The van der Waals surface area contributed by atoms with Crippen molar-refractivity contribution in [1.82, 2.24) is 5.32 Å². The lowest BCUT2D eigenvalue weighted by molar-refractivity contribution is 0.0947. The molecule has 1 aromatic carbocycles. The van der Waals surface area contributed by atoms with E-state index in [4.69, 9.17) is 0 Å². The van der Waals surface area contributed by atoms with Gasteiger partial charge in [0.1, 0.15) is 28.4 Å². The minimum atomic E-state index is -0.663. The number of amides is 1. The molecule has 1 aromatic rings. The molecular formula is C21H33NO5. The van der Waals surface area contributed by atoms with E-state index in [0.29, 0.717) is 13.0 Å². The Morgan fingerprint density at radius 3 is 2.00 bits per heavy atom. The van der Waals surface area contributed by atoms with Gasteiger partial charge in [0, 0.05) is 19.0 Å². The molecule has 6 heteroatoms. The van der Waals surface area contributed by atoms with Crippen molar-refractivity contribution in [3.8, 4) is 17.2 Å². The molecule has 27 heavy (non-hydrogen) atoms. The van der Waals surface area contributed by atoms with E-state index in [1.165, 1.54) is 19.3 Å². The summed E-state index contributed by atoms with van der Waals surface area (Å²) in [5, 5.41) is 32.9. The Balaban J connectivity index is 2.74. The third-order valence-corrected chi connectivity index (χ3v) is 4.59. The van der Waals surface area contributed by atoms with Crippen molar-refractivity contribution >= 4 is 11.7 Å². The maximum Gasteiger partial charge on any atom is 0.258 e. The monoisotopic (exact) mass is 379 g/mol. The van der Waals surface area contributed by atoms with E-state index in [1.54, 1.807) is 0 Å². The highest BCUT2D eigenvalue weighted by molar-refractivity contribution is 6.08. The zero-order valence-corrected chi connectivity index (χ0v) is 16.5. The average molecular weight is 379 g/mol. The molecule has 0 aliphatic heterocycles. The van der Waals surface area contributed by atoms with Crippen LogP contribution in [-0.2, 0) is 0 Å². The molecule has 0 heterocycles. The zero-order chi connectivity index (χ0) is 20.2.